The predicted octanol–water partition coefficient (Wildman–Crippen LogP) is 2.19. The van der Waals surface area contributed by atoms with Crippen LogP contribution < -0.4 is 5.32 Å². The van der Waals surface area contributed by atoms with Gasteiger partial charge in [-0.1, -0.05) is 15.9 Å². The SMILES string of the molecule is O=C(NCCN1CCCCC1=O)c1ccc(Br)cc1. The monoisotopic (exact) mass is 324 g/mol. The Kier molecular flexibility index (Phi) is 4.96. The fourth-order valence-electron chi connectivity index (χ4n) is 2.11. The molecule has 1 saturated heterocycles. The van der Waals surface area contributed by atoms with Gasteiger partial charge in [0.25, 0.3) is 5.91 Å². The van der Waals surface area contributed by atoms with Gasteiger partial charge in [-0.3, -0.25) is 9.59 Å². The summed E-state index contributed by atoms with van der Waals surface area (Å²) in [5.74, 6) is 0.0982. The van der Waals surface area contributed by atoms with Crippen LogP contribution in [-0.2, 0) is 4.79 Å². The van der Waals surface area contributed by atoms with Gasteiger partial charge in [-0.05, 0) is 37.1 Å². The van der Waals surface area contributed by atoms with E-state index in [1.54, 1.807) is 12.1 Å². The topological polar surface area (TPSA) is 49.4 Å². The summed E-state index contributed by atoms with van der Waals surface area (Å²) in [5.41, 5.74) is 0.633. The first kappa shape index (κ1) is 14.1. The van der Waals surface area contributed by atoms with Crippen molar-refractivity contribution < 1.29 is 9.59 Å². The lowest BCUT2D eigenvalue weighted by Crippen LogP contribution is -2.41. The number of rotatable bonds is 4. The molecule has 1 aliphatic heterocycles. The van der Waals surface area contributed by atoms with Gasteiger partial charge in [0.05, 0.1) is 0 Å². The number of benzene rings is 1. The third-order valence-corrected chi connectivity index (χ3v) is 3.72. The standard InChI is InChI=1S/C14H17BrN2O2/c15-12-6-4-11(5-7-12)14(19)16-8-10-17-9-2-1-3-13(17)18/h4-7H,1-3,8-10H2,(H,16,19). The lowest BCUT2D eigenvalue weighted by molar-refractivity contribution is -0.133. The van der Waals surface area contributed by atoms with Crippen molar-refractivity contribution in [1.29, 1.82) is 0 Å². The van der Waals surface area contributed by atoms with Crippen molar-refractivity contribution in [2.24, 2.45) is 0 Å². The average Bonchev–Trinajstić information content (AvgIpc) is 2.41. The summed E-state index contributed by atoms with van der Waals surface area (Å²) in [4.78, 5) is 25.3. The van der Waals surface area contributed by atoms with E-state index in [2.05, 4.69) is 21.2 Å². The second kappa shape index (κ2) is 6.70. The molecule has 1 aromatic rings. The number of likely N-dealkylation sites (tertiary alicyclic amines) is 1. The third-order valence-electron chi connectivity index (χ3n) is 3.20. The van der Waals surface area contributed by atoms with E-state index in [0.29, 0.717) is 25.1 Å². The first-order valence-corrected chi connectivity index (χ1v) is 7.27. The van der Waals surface area contributed by atoms with Crippen LogP contribution in [-0.4, -0.2) is 36.3 Å². The second-order valence-corrected chi connectivity index (χ2v) is 5.52. The van der Waals surface area contributed by atoms with Crippen molar-refractivity contribution in [3.63, 3.8) is 0 Å². The number of nitrogens with one attached hydrogen (secondary N) is 1. The van der Waals surface area contributed by atoms with E-state index in [-0.39, 0.29) is 11.8 Å². The number of hydrogen-bond acceptors (Lipinski definition) is 2. The summed E-state index contributed by atoms with van der Waals surface area (Å²) in [5, 5.41) is 2.84. The molecule has 0 spiro atoms. The minimum Gasteiger partial charge on any atom is -0.350 e. The zero-order valence-electron chi connectivity index (χ0n) is 10.7. The van der Waals surface area contributed by atoms with Gasteiger partial charge in [0.15, 0.2) is 0 Å². The Labute approximate surface area is 121 Å². The molecule has 1 heterocycles. The Morgan fingerprint density at radius 1 is 1.26 bits per heavy atom. The van der Waals surface area contributed by atoms with Crippen molar-refractivity contribution in [2.75, 3.05) is 19.6 Å². The molecule has 0 aromatic heterocycles. The Morgan fingerprint density at radius 2 is 2.00 bits per heavy atom. The molecule has 0 atom stereocenters. The molecular formula is C14H17BrN2O2. The van der Waals surface area contributed by atoms with Crippen molar-refractivity contribution in [3.05, 3.63) is 34.3 Å². The Balaban J connectivity index is 1.77. The number of carbonyl (C=O) groups is 2. The highest BCUT2D eigenvalue weighted by molar-refractivity contribution is 9.10. The zero-order valence-corrected chi connectivity index (χ0v) is 12.3. The van der Waals surface area contributed by atoms with Gasteiger partial charge in [-0.25, -0.2) is 0 Å². The molecule has 0 bridgehead atoms. The fraction of sp³-hybridized carbons (Fsp3) is 0.429. The van der Waals surface area contributed by atoms with Gasteiger partial charge in [0.2, 0.25) is 5.91 Å². The minimum atomic E-state index is -0.100. The van der Waals surface area contributed by atoms with Crippen LogP contribution in [0.5, 0.6) is 0 Å². The van der Waals surface area contributed by atoms with Crippen molar-refractivity contribution in [2.45, 2.75) is 19.3 Å². The normalized spacial score (nSPS) is 15.4. The van der Waals surface area contributed by atoms with Gasteiger partial charge in [0, 0.05) is 36.1 Å². The van der Waals surface area contributed by atoms with Crippen molar-refractivity contribution in [3.8, 4) is 0 Å². The fourth-order valence-corrected chi connectivity index (χ4v) is 2.37. The molecule has 1 aromatic carbocycles. The van der Waals surface area contributed by atoms with E-state index in [1.807, 2.05) is 17.0 Å². The van der Waals surface area contributed by atoms with Crippen molar-refractivity contribution >= 4 is 27.7 Å². The molecular weight excluding hydrogens is 308 g/mol. The maximum Gasteiger partial charge on any atom is 0.251 e. The highest BCUT2D eigenvalue weighted by Crippen LogP contribution is 2.11. The molecule has 0 unspecified atom stereocenters. The first-order chi connectivity index (χ1) is 9.16. The molecule has 4 nitrogen and oxygen atoms in total. The molecule has 0 radical (unpaired) electrons. The molecule has 0 saturated carbocycles. The maximum absolute atomic E-state index is 11.8. The van der Waals surface area contributed by atoms with Crippen LogP contribution in [0.2, 0.25) is 0 Å². The molecule has 1 N–H and O–H groups in total. The number of carbonyl (C=O) groups excluding carboxylic acids is 2. The zero-order chi connectivity index (χ0) is 13.7. The van der Waals surface area contributed by atoms with E-state index in [1.165, 1.54) is 0 Å². The number of halogens is 1. The summed E-state index contributed by atoms with van der Waals surface area (Å²) < 4.78 is 0.947. The summed E-state index contributed by atoms with van der Waals surface area (Å²) >= 11 is 3.33. The second-order valence-electron chi connectivity index (χ2n) is 4.60. The molecule has 5 heteroatoms. The maximum atomic E-state index is 11.8. The third kappa shape index (κ3) is 4.06. The first-order valence-electron chi connectivity index (χ1n) is 6.48. The average molecular weight is 325 g/mol. The molecule has 0 aliphatic carbocycles. The van der Waals surface area contributed by atoms with E-state index in [4.69, 9.17) is 0 Å². The Hall–Kier alpha value is -1.36. The summed E-state index contributed by atoms with van der Waals surface area (Å²) in [6.07, 6.45) is 2.69. The highest BCUT2D eigenvalue weighted by Gasteiger charge is 2.17. The van der Waals surface area contributed by atoms with Crippen LogP contribution in [0.4, 0.5) is 0 Å². The number of nitrogens with zero attached hydrogens (tertiary/aromatic N) is 1. The smallest absolute Gasteiger partial charge is 0.251 e. The summed E-state index contributed by atoms with van der Waals surface area (Å²) in [6, 6.07) is 7.21. The van der Waals surface area contributed by atoms with E-state index in [0.717, 1.165) is 23.9 Å². The number of piperidine rings is 1. The molecule has 1 fully saturated rings. The van der Waals surface area contributed by atoms with Gasteiger partial charge >= 0.3 is 0 Å². The Bertz CT molecular complexity index is 459. The number of amides is 2. The van der Waals surface area contributed by atoms with Gasteiger partial charge < -0.3 is 10.2 Å². The van der Waals surface area contributed by atoms with Crippen LogP contribution >= 0.6 is 15.9 Å². The van der Waals surface area contributed by atoms with E-state index < -0.39 is 0 Å². The van der Waals surface area contributed by atoms with E-state index >= 15 is 0 Å². The van der Waals surface area contributed by atoms with E-state index in [9.17, 15) is 9.59 Å². The molecule has 1 aliphatic rings. The van der Waals surface area contributed by atoms with Gasteiger partial charge in [-0.2, -0.15) is 0 Å². The van der Waals surface area contributed by atoms with Gasteiger partial charge in [-0.15, -0.1) is 0 Å². The summed E-state index contributed by atoms with van der Waals surface area (Å²) in [6.45, 7) is 1.91. The lowest BCUT2D eigenvalue weighted by atomic mass is 10.1. The lowest BCUT2D eigenvalue weighted by Gasteiger charge is -2.26. The van der Waals surface area contributed by atoms with Crippen LogP contribution in [0.3, 0.4) is 0 Å². The largest absolute Gasteiger partial charge is 0.350 e. The van der Waals surface area contributed by atoms with Crippen LogP contribution in [0.25, 0.3) is 0 Å². The minimum absolute atomic E-state index is 0.100. The molecule has 2 rings (SSSR count). The van der Waals surface area contributed by atoms with Crippen LogP contribution in [0.15, 0.2) is 28.7 Å². The number of hydrogen-bond donors (Lipinski definition) is 1. The summed E-state index contributed by atoms with van der Waals surface area (Å²) in [7, 11) is 0. The van der Waals surface area contributed by atoms with Crippen molar-refractivity contribution in [1.82, 2.24) is 10.2 Å². The molecule has 19 heavy (non-hydrogen) atoms. The quantitative estimate of drug-likeness (QED) is 0.923. The Morgan fingerprint density at radius 3 is 2.68 bits per heavy atom. The highest BCUT2D eigenvalue weighted by atomic mass is 79.9. The predicted molar refractivity (Wildman–Crippen MR) is 76.9 cm³/mol. The van der Waals surface area contributed by atoms with Crippen LogP contribution in [0, 0.1) is 0 Å². The molecule has 102 valence electrons. The van der Waals surface area contributed by atoms with Gasteiger partial charge in [0.1, 0.15) is 0 Å². The van der Waals surface area contributed by atoms with Crippen LogP contribution in [0.1, 0.15) is 29.6 Å². The molecule has 2 amide bonds.